The zero-order valence-corrected chi connectivity index (χ0v) is 12.8. The summed E-state index contributed by atoms with van der Waals surface area (Å²) in [7, 11) is 1.98. The first kappa shape index (κ1) is 16.3. The van der Waals surface area contributed by atoms with Crippen molar-refractivity contribution >= 4 is 17.1 Å². The van der Waals surface area contributed by atoms with E-state index in [0.717, 1.165) is 37.3 Å². The van der Waals surface area contributed by atoms with Crippen LogP contribution < -0.4 is 10.2 Å². The van der Waals surface area contributed by atoms with E-state index >= 15 is 0 Å². The molecule has 1 N–H and O–H groups in total. The maximum Gasteiger partial charge on any atom is 0.273 e. The summed E-state index contributed by atoms with van der Waals surface area (Å²) >= 11 is 0. The second-order valence-corrected chi connectivity index (χ2v) is 5.32. The Bertz CT molecular complexity index is 449. The molecule has 0 bridgehead atoms. The quantitative estimate of drug-likeness (QED) is 0.579. The first-order valence-corrected chi connectivity index (χ1v) is 7.22. The van der Waals surface area contributed by atoms with Gasteiger partial charge in [-0.1, -0.05) is 27.2 Å². The second kappa shape index (κ2) is 7.72. The molecule has 0 amide bonds. The topological polar surface area (TPSA) is 58.4 Å². The number of nitro benzene ring substituents is 1. The molecule has 0 saturated carbocycles. The lowest BCUT2D eigenvalue weighted by Crippen LogP contribution is -2.23. The molecule has 5 heteroatoms. The predicted octanol–water partition coefficient (Wildman–Crippen LogP) is 3.90. The van der Waals surface area contributed by atoms with Gasteiger partial charge in [-0.25, -0.2) is 0 Å². The number of hydrogen-bond donors (Lipinski definition) is 1. The normalized spacial score (nSPS) is 12.0. The van der Waals surface area contributed by atoms with Crippen LogP contribution in [-0.2, 0) is 0 Å². The van der Waals surface area contributed by atoms with E-state index in [-0.39, 0.29) is 10.6 Å². The number of nitrogens with one attached hydrogen (secondary N) is 1. The Balaban J connectivity index is 2.98. The van der Waals surface area contributed by atoms with Gasteiger partial charge < -0.3 is 10.2 Å². The van der Waals surface area contributed by atoms with Crippen LogP contribution in [-0.4, -0.2) is 25.1 Å². The minimum absolute atomic E-state index is 0.136. The van der Waals surface area contributed by atoms with Gasteiger partial charge in [-0.15, -0.1) is 0 Å². The van der Waals surface area contributed by atoms with Crippen molar-refractivity contribution in [2.75, 3.05) is 30.4 Å². The largest absolute Gasteiger partial charge is 0.385 e. The lowest BCUT2D eigenvalue weighted by atomic mass is 10.1. The van der Waals surface area contributed by atoms with Crippen molar-refractivity contribution in [2.45, 2.75) is 33.6 Å². The molecule has 0 radical (unpaired) electrons. The van der Waals surface area contributed by atoms with E-state index in [0.29, 0.717) is 5.92 Å². The van der Waals surface area contributed by atoms with E-state index in [2.05, 4.69) is 31.0 Å². The Morgan fingerprint density at radius 1 is 1.35 bits per heavy atom. The predicted molar refractivity (Wildman–Crippen MR) is 84.6 cm³/mol. The number of nitrogens with zero attached hydrogens (tertiary/aromatic N) is 2. The van der Waals surface area contributed by atoms with E-state index in [9.17, 15) is 10.1 Å². The van der Waals surface area contributed by atoms with Crippen LogP contribution in [0, 0.1) is 16.0 Å². The Labute approximate surface area is 121 Å². The molecule has 20 heavy (non-hydrogen) atoms. The molecule has 0 aliphatic rings. The Morgan fingerprint density at radius 2 is 2.05 bits per heavy atom. The molecule has 112 valence electrons. The Kier molecular flexibility index (Phi) is 6.28. The zero-order chi connectivity index (χ0) is 15.1. The third-order valence-corrected chi connectivity index (χ3v) is 3.42. The molecule has 5 nitrogen and oxygen atoms in total. The molecule has 1 aromatic rings. The van der Waals surface area contributed by atoms with Crippen LogP contribution in [0.3, 0.4) is 0 Å². The molecule has 1 rings (SSSR count). The van der Waals surface area contributed by atoms with Gasteiger partial charge in [0.05, 0.1) is 4.92 Å². The average Bonchev–Trinajstić information content (AvgIpc) is 2.44. The molecular weight excluding hydrogens is 254 g/mol. The van der Waals surface area contributed by atoms with Gasteiger partial charge >= 0.3 is 0 Å². The SMILES string of the molecule is CCCNc1cc(N(C)CC(C)CC)cc([N+](=O)[O-])c1. The summed E-state index contributed by atoms with van der Waals surface area (Å²) in [5.74, 6) is 0.561. The molecule has 0 fully saturated rings. The third kappa shape index (κ3) is 4.72. The molecule has 1 unspecified atom stereocenters. The lowest BCUT2D eigenvalue weighted by Gasteiger charge is -2.23. The highest BCUT2D eigenvalue weighted by Gasteiger charge is 2.13. The molecule has 1 aromatic carbocycles. The van der Waals surface area contributed by atoms with Crippen molar-refractivity contribution in [3.05, 3.63) is 28.3 Å². The van der Waals surface area contributed by atoms with E-state index in [4.69, 9.17) is 0 Å². The van der Waals surface area contributed by atoms with Crippen LogP contribution in [0.5, 0.6) is 0 Å². The summed E-state index contributed by atoms with van der Waals surface area (Å²) in [6, 6.07) is 5.21. The van der Waals surface area contributed by atoms with Gasteiger partial charge in [-0.05, 0) is 18.4 Å². The molecular formula is C15H25N3O2. The van der Waals surface area contributed by atoms with Gasteiger partial charge in [-0.2, -0.15) is 0 Å². The smallest absolute Gasteiger partial charge is 0.273 e. The van der Waals surface area contributed by atoms with Crippen molar-refractivity contribution in [1.29, 1.82) is 0 Å². The van der Waals surface area contributed by atoms with E-state index in [1.165, 1.54) is 0 Å². The van der Waals surface area contributed by atoms with Crippen LogP contribution in [0.4, 0.5) is 17.1 Å². The minimum Gasteiger partial charge on any atom is -0.385 e. The lowest BCUT2D eigenvalue weighted by molar-refractivity contribution is -0.384. The summed E-state index contributed by atoms with van der Waals surface area (Å²) in [6.07, 6.45) is 2.08. The first-order chi connectivity index (χ1) is 9.47. The summed E-state index contributed by atoms with van der Waals surface area (Å²) in [5.41, 5.74) is 1.84. The van der Waals surface area contributed by atoms with Crippen molar-refractivity contribution < 1.29 is 4.92 Å². The first-order valence-electron chi connectivity index (χ1n) is 7.22. The summed E-state index contributed by atoms with van der Waals surface area (Å²) in [5, 5.41) is 14.3. The van der Waals surface area contributed by atoms with Crippen molar-refractivity contribution in [2.24, 2.45) is 5.92 Å². The van der Waals surface area contributed by atoms with Crippen molar-refractivity contribution in [3.8, 4) is 0 Å². The highest BCUT2D eigenvalue weighted by molar-refractivity contribution is 5.64. The molecule has 1 atom stereocenters. The number of non-ortho nitro benzene ring substituents is 1. The fraction of sp³-hybridized carbons (Fsp3) is 0.600. The number of benzene rings is 1. The minimum atomic E-state index is -0.336. The van der Waals surface area contributed by atoms with Gasteiger partial charge in [0.15, 0.2) is 0 Å². The van der Waals surface area contributed by atoms with E-state index in [1.807, 2.05) is 13.1 Å². The Hall–Kier alpha value is -1.78. The molecule has 0 heterocycles. The number of rotatable bonds is 8. The summed E-state index contributed by atoms with van der Waals surface area (Å²) < 4.78 is 0. The second-order valence-electron chi connectivity index (χ2n) is 5.32. The van der Waals surface area contributed by atoms with Crippen LogP contribution >= 0.6 is 0 Å². The third-order valence-electron chi connectivity index (χ3n) is 3.42. The maximum atomic E-state index is 11.0. The number of anilines is 2. The summed E-state index contributed by atoms with van der Waals surface area (Å²) in [4.78, 5) is 12.8. The highest BCUT2D eigenvalue weighted by atomic mass is 16.6. The van der Waals surface area contributed by atoms with E-state index < -0.39 is 0 Å². The molecule has 0 aliphatic heterocycles. The van der Waals surface area contributed by atoms with Crippen molar-refractivity contribution in [1.82, 2.24) is 0 Å². The fourth-order valence-electron chi connectivity index (χ4n) is 1.99. The fourth-order valence-corrected chi connectivity index (χ4v) is 1.99. The van der Waals surface area contributed by atoms with Gasteiger partial charge in [-0.3, -0.25) is 10.1 Å². The molecule has 0 aromatic heterocycles. The van der Waals surface area contributed by atoms with E-state index in [1.54, 1.807) is 12.1 Å². The average molecular weight is 279 g/mol. The summed E-state index contributed by atoms with van der Waals surface area (Å²) in [6.45, 7) is 8.12. The molecule has 0 spiro atoms. The van der Waals surface area contributed by atoms with Gasteiger partial charge in [0.2, 0.25) is 0 Å². The zero-order valence-electron chi connectivity index (χ0n) is 12.8. The Morgan fingerprint density at radius 3 is 2.60 bits per heavy atom. The number of hydrogen-bond acceptors (Lipinski definition) is 4. The monoisotopic (exact) mass is 279 g/mol. The van der Waals surface area contributed by atoms with Crippen molar-refractivity contribution in [3.63, 3.8) is 0 Å². The van der Waals surface area contributed by atoms with Crippen LogP contribution in [0.2, 0.25) is 0 Å². The molecule has 0 aliphatic carbocycles. The maximum absolute atomic E-state index is 11.0. The van der Waals surface area contributed by atoms with Crippen LogP contribution in [0.25, 0.3) is 0 Å². The standard InChI is InChI=1S/C15H25N3O2/c1-5-7-16-13-8-14(10-15(9-13)18(19)20)17(4)11-12(3)6-2/h8-10,12,16H,5-7,11H2,1-4H3. The highest BCUT2D eigenvalue weighted by Crippen LogP contribution is 2.27. The van der Waals surface area contributed by atoms with Crippen LogP contribution in [0.1, 0.15) is 33.6 Å². The van der Waals surface area contributed by atoms with Gasteiger partial charge in [0.25, 0.3) is 5.69 Å². The van der Waals surface area contributed by atoms with Gasteiger partial charge in [0.1, 0.15) is 0 Å². The number of nitro groups is 1. The van der Waals surface area contributed by atoms with Crippen LogP contribution in [0.15, 0.2) is 18.2 Å². The molecule has 0 saturated heterocycles. The van der Waals surface area contributed by atoms with Gasteiger partial charge in [0, 0.05) is 43.6 Å².